The van der Waals surface area contributed by atoms with Crippen molar-refractivity contribution in [2.24, 2.45) is 0 Å². The van der Waals surface area contributed by atoms with E-state index in [1.165, 1.54) is 32.4 Å². The molecule has 0 unspecified atom stereocenters. The van der Waals surface area contributed by atoms with Crippen LogP contribution in [0.25, 0.3) is 0 Å². The average molecular weight is 610 g/mol. The smallest absolute Gasteiger partial charge is 0.348 e. The van der Waals surface area contributed by atoms with Gasteiger partial charge in [0.15, 0.2) is 0 Å². The highest BCUT2D eigenvalue weighted by atomic mass is 35.5. The summed E-state index contributed by atoms with van der Waals surface area (Å²) in [5, 5.41) is 19.0. The van der Waals surface area contributed by atoms with E-state index in [0.717, 1.165) is 49.6 Å². The molecule has 2 bridgehead atoms. The average Bonchev–Trinajstić information content (AvgIpc) is 3.69. The van der Waals surface area contributed by atoms with Crippen molar-refractivity contribution in [3.63, 3.8) is 0 Å². The fourth-order valence-electron chi connectivity index (χ4n) is 6.24. The Morgan fingerprint density at radius 1 is 1.03 bits per heavy atom. The molecule has 212 valence electrons. The number of piperidine rings is 1. The van der Waals surface area contributed by atoms with Crippen LogP contribution in [-0.4, -0.2) is 53.4 Å². The van der Waals surface area contributed by atoms with Gasteiger partial charge in [-0.3, -0.25) is 4.79 Å². The van der Waals surface area contributed by atoms with Crippen LogP contribution >= 0.6 is 34.0 Å². The van der Waals surface area contributed by atoms with Crippen LogP contribution in [0, 0.1) is 0 Å². The van der Waals surface area contributed by atoms with Crippen LogP contribution in [0.3, 0.4) is 0 Å². The van der Waals surface area contributed by atoms with Gasteiger partial charge < -0.3 is 31.5 Å². The van der Waals surface area contributed by atoms with Crippen LogP contribution < -0.4 is 12.4 Å². The molecule has 2 fully saturated rings. The molecule has 0 radical (unpaired) electrons. The van der Waals surface area contributed by atoms with Gasteiger partial charge in [-0.15, -0.1) is 11.3 Å². The molecule has 39 heavy (non-hydrogen) atoms. The van der Waals surface area contributed by atoms with Crippen LogP contribution in [0.2, 0.25) is 0 Å². The molecule has 2 aliphatic heterocycles. The van der Waals surface area contributed by atoms with Crippen molar-refractivity contribution < 1.29 is 41.1 Å². The molecule has 6 nitrogen and oxygen atoms in total. The predicted molar refractivity (Wildman–Crippen MR) is 151 cm³/mol. The lowest BCUT2D eigenvalue weighted by Gasteiger charge is -2.47. The van der Waals surface area contributed by atoms with Crippen molar-refractivity contribution in [3.8, 4) is 0 Å². The lowest BCUT2D eigenvalue weighted by Crippen LogP contribution is -3.00. The van der Waals surface area contributed by atoms with E-state index < -0.39 is 11.6 Å². The van der Waals surface area contributed by atoms with Crippen LogP contribution in [0.15, 0.2) is 45.8 Å². The lowest BCUT2D eigenvalue weighted by molar-refractivity contribution is -0.961. The van der Waals surface area contributed by atoms with Crippen molar-refractivity contribution >= 4 is 45.9 Å². The molecule has 0 saturated carbocycles. The number of carbonyl (C=O) groups is 2. The summed E-state index contributed by atoms with van der Waals surface area (Å²) in [6, 6.07) is 8.89. The predicted octanol–water partition coefficient (Wildman–Crippen LogP) is 2.88. The number of aliphatic hydroxyl groups is 1. The molecule has 0 spiro atoms. The second-order valence-electron chi connectivity index (χ2n) is 10.6. The van der Waals surface area contributed by atoms with Gasteiger partial charge in [-0.1, -0.05) is 0 Å². The fourth-order valence-corrected chi connectivity index (χ4v) is 8.84. The standard InChI is InChI=1S/C29H36NO5S3.ClH/c1-3-34-27(31)6-4-5-25-9-10-26(38-25)17-30(2)22-7-8-23(30)16-24(15-22)35-28(32)29(33,20-11-13-36-18-20)21-12-14-37-19-21;/h9-14,18-19,22-24,33H,3-8,15-17H2,1-2H3;1H/q+1;/p-1/t22-,23+,24+,30-;. The molecule has 0 amide bonds. The second kappa shape index (κ2) is 12.8. The van der Waals surface area contributed by atoms with Crippen LogP contribution in [0.4, 0.5) is 0 Å². The van der Waals surface area contributed by atoms with Gasteiger partial charge in [-0.05, 0) is 65.6 Å². The molecule has 3 aromatic heterocycles. The molecule has 4 atom stereocenters. The van der Waals surface area contributed by atoms with Gasteiger partial charge in [-0.2, -0.15) is 22.7 Å². The van der Waals surface area contributed by atoms with Gasteiger partial charge in [-0.25, -0.2) is 4.79 Å². The second-order valence-corrected chi connectivity index (χ2v) is 13.5. The first-order valence-corrected chi connectivity index (χ1v) is 16.1. The number of aryl methyl sites for hydroxylation is 1. The van der Waals surface area contributed by atoms with Crippen molar-refractivity contribution in [2.45, 2.75) is 82.2 Å². The first-order chi connectivity index (χ1) is 18.3. The molecular weight excluding hydrogens is 574 g/mol. The number of halogens is 1. The first kappa shape index (κ1) is 30.2. The molecule has 5 rings (SSSR count). The molecule has 0 aliphatic carbocycles. The third kappa shape index (κ3) is 6.29. The minimum atomic E-state index is -1.77. The molecule has 1 N–H and O–H groups in total. The number of rotatable bonds is 11. The van der Waals surface area contributed by atoms with E-state index in [1.807, 2.05) is 39.8 Å². The van der Waals surface area contributed by atoms with E-state index in [4.69, 9.17) is 9.47 Å². The maximum atomic E-state index is 13.5. The summed E-state index contributed by atoms with van der Waals surface area (Å²) < 4.78 is 12.1. The van der Waals surface area contributed by atoms with Gasteiger partial charge in [0.05, 0.1) is 30.6 Å². The third-order valence-electron chi connectivity index (χ3n) is 8.34. The summed E-state index contributed by atoms with van der Waals surface area (Å²) in [6.07, 6.45) is 5.89. The summed E-state index contributed by atoms with van der Waals surface area (Å²) in [5.74, 6) is -0.688. The zero-order chi connectivity index (χ0) is 26.8. The van der Waals surface area contributed by atoms with Crippen molar-refractivity contribution in [1.29, 1.82) is 0 Å². The normalized spacial score (nSPS) is 24.2. The number of quaternary nitrogens is 1. The zero-order valence-corrected chi connectivity index (χ0v) is 25.6. The number of ether oxygens (including phenoxy) is 2. The summed E-state index contributed by atoms with van der Waals surface area (Å²) in [6.45, 7) is 3.25. The summed E-state index contributed by atoms with van der Waals surface area (Å²) in [4.78, 5) is 27.8. The molecule has 10 heteroatoms. The Balaban J connectivity index is 0.00000353. The SMILES string of the molecule is CCOC(=O)CCCc1ccc(C[N@+]2(C)[C@@H]3CC[C@H]2C[C@@H](OC(=O)C(O)(c2ccsc2)c2ccsc2)C3)s1.[Cl-]. The number of fused-ring (bicyclic) bond motifs is 2. The topological polar surface area (TPSA) is 72.8 Å². The van der Waals surface area contributed by atoms with Crippen LogP contribution in [-0.2, 0) is 37.6 Å². The Morgan fingerprint density at radius 3 is 2.21 bits per heavy atom. The fraction of sp³-hybridized carbons (Fsp3) is 0.517. The highest BCUT2D eigenvalue weighted by Crippen LogP contribution is 2.45. The minimum absolute atomic E-state index is 0. The van der Waals surface area contributed by atoms with Crippen LogP contribution in [0.1, 0.15) is 66.3 Å². The monoisotopic (exact) mass is 609 g/mol. The number of nitrogens with zero attached hydrogens (tertiary/aromatic N) is 1. The van der Waals surface area contributed by atoms with Crippen LogP contribution in [0.5, 0.6) is 0 Å². The molecular formula is C29H36ClNO5S3. The quantitative estimate of drug-likeness (QED) is 0.267. The maximum Gasteiger partial charge on any atom is 0.348 e. The van der Waals surface area contributed by atoms with E-state index in [-0.39, 0.29) is 24.5 Å². The summed E-state index contributed by atoms with van der Waals surface area (Å²) >= 11 is 4.77. The molecule has 2 saturated heterocycles. The van der Waals surface area contributed by atoms with Gasteiger partial charge in [0.2, 0.25) is 5.60 Å². The minimum Gasteiger partial charge on any atom is -1.00 e. The molecule has 2 aliphatic rings. The molecule has 0 aromatic carbocycles. The number of hydrogen-bond donors (Lipinski definition) is 1. The van der Waals surface area contributed by atoms with Gasteiger partial charge >= 0.3 is 11.9 Å². The number of thiophene rings is 3. The van der Waals surface area contributed by atoms with Crippen molar-refractivity contribution in [2.75, 3.05) is 13.7 Å². The highest BCUT2D eigenvalue weighted by Gasteiger charge is 2.53. The largest absolute Gasteiger partial charge is 1.00 e. The Bertz CT molecular complexity index is 1180. The number of hydrogen-bond acceptors (Lipinski definition) is 8. The van der Waals surface area contributed by atoms with Gasteiger partial charge in [0.25, 0.3) is 0 Å². The van der Waals surface area contributed by atoms with Gasteiger partial charge in [0.1, 0.15) is 12.6 Å². The van der Waals surface area contributed by atoms with E-state index in [9.17, 15) is 14.7 Å². The van der Waals surface area contributed by atoms with E-state index >= 15 is 0 Å². The molecule has 5 heterocycles. The first-order valence-electron chi connectivity index (χ1n) is 13.4. The number of carbonyl (C=O) groups excluding carboxylic acids is 2. The Hall–Kier alpha value is -1.75. The number of esters is 2. The zero-order valence-electron chi connectivity index (χ0n) is 22.3. The molecule has 3 aromatic rings. The van der Waals surface area contributed by atoms with E-state index in [2.05, 4.69) is 19.2 Å². The Labute approximate surface area is 248 Å². The Kier molecular flexibility index (Phi) is 9.94. The Morgan fingerprint density at radius 2 is 1.64 bits per heavy atom. The van der Waals surface area contributed by atoms with Gasteiger partial charge in [0, 0.05) is 48.1 Å². The third-order valence-corrected chi connectivity index (χ3v) is 10.8. The summed E-state index contributed by atoms with van der Waals surface area (Å²) in [5.41, 5.74) is -0.628. The van der Waals surface area contributed by atoms with Crippen molar-refractivity contribution in [1.82, 2.24) is 0 Å². The van der Waals surface area contributed by atoms with E-state index in [1.54, 1.807) is 12.1 Å². The lowest BCUT2D eigenvalue weighted by atomic mass is 9.89. The summed E-state index contributed by atoms with van der Waals surface area (Å²) in [7, 11) is 2.35. The van der Waals surface area contributed by atoms with Crippen molar-refractivity contribution in [3.05, 3.63) is 66.7 Å². The highest BCUT2D eigenvalue weighted by molar-refractivity contribution is 7.12. The maximum absolute atomic E-state index is 13.5. The van der Waals surface area contributed by atoms with E-state index in [0.29, 0.717) is 36.2 Å².